The van der Waals surface area contributed by atoms with Gasteiger partial charge < -0.3 is 0 Å². The highest BCUT2D eigenvalue weighted by molar-refractivity contribution is 7.55. The van der Waals surface area contributed by atoms with Crippen molar-refractivity contribution in [3.8, 4) is 0 Å². The second kappa shape index (κ2) is 6.75. The van der Waals surface area contributed by atoms with E-state index in [4.69, 9.17) is 0 Å². The van der Waals surface area contributed by atoms with Crippen molar-refractivity contribution in [2.45, 2.75) is 12.3 Å². The van der Waals surface area contributed by atoms with Gasteiger partial charge in [-0.15, -0.1) is 4.36 Å². The zero-order chi connectivity index (χ0) is 13.5. The minimum atomic E-state index is -0.377. The first-order valence-corrected chi connectivity index (χ1v) is 6.64. The van der Waals surface area contributed by atoms with Gasteiger partial charge in [-0.2, -0.15) is 4.21 Å². The number of benzene rings is 2. The highest BCUT2D eigenvalue weighted by Gasteiger charge is 2.17. The second-order valence-electron chi connectivity index (χ2n) is 4.14. The number of amides is 1. The maximum atomic E-state index is 11.6. The minimum Gasteiger partial charge on any atom is -0.272 e. The molecule has 96 valence electrons. The molecule has 0 radical (unpaired) electrons. The van der Waals surface area contributed by atoms with Crippen LogP contribution in [0.15, 0.2) is 65.0 Å². The summed E-state index contributed by atoms with van der Waals surface area (Å²) in [5.41, 5.74) is 2.10. The smallest absolute Gasteiger partial charge is 0.259 e. The molecule has 0 unspecified atom stereocenters. The predicted octanol–water partition coefficient (Wildman–Crippen LogP) is 3.13. The lowest BCUT2D eigenvalue weighted by atomic mass is 9.88. The molecule has 2 rings (SSSR count). The summed E-state index contributed by atoms with van der Waals surface area (Å²) in [6.45, 7) is 0. The largest absolute Gasteiger partial charge is 0.272 e. The third kappa shape index (κ3) is 3.69. The molecule has 1 amide bonds. The normalized spacial score (nSPS) is 10.2. The molecule has 0 aliphatic rings. The monoisotopic (exact) mass is 271 g/mol. The fourth-order valence-electron chi connectivity index (χ4n) is 2.05. The fourth-order valence-corrected chi connectivity index (χ4v) is 2.21. The van der Waals surface area contributed by atoms with Crippen LogP contribution in [0.25, 0.3) is 0 Å². The van der Waals surface area contributed by atoms with Gasteiger partial charge in [0.1, 0.15) is 0 Å². The Hall–Kier alpha value is -2.07. The molecular weight excluding hydrogens is 258 g/mol. The van der Waals surface area contributed by atoms with E-state index in [2.05, 4.69) is 4.36 Å². The molecule has 3 nitrogen and oxygen atoms in total. The summed E-state index contributed by atoms with van der Waals surface area (Å²) in [7, 11) is 0. The van der Waals surface area contributed by atoms with Crippen LogP contribution in [0.4, 0.5) is 0 Å². The number of hydrogen-bond acceptors (Lipinski definition) is 2. The zero-order valence-corrected chi connectivity index (χ0v) is 11.0. The van der Waals surface area contributed by atoms with Gasteiger partial charge in [-0.3, -0.25) is 4.79 Å². The molecule has 0 aliphatic heterocycles. The van der Waals surface area contributed by atoms with Gasteiger partial charge in [0.2, 0.25) is 11.5 Å². The summed E-state index contributed by atoms with van der Waals surface area (Å²) in [5.74, 6) is -0.441. The Morgan fingerprint density at radius 3 is 1.84 bits per heavy atom. The molecule has 0 fully saturated rings. The van der Waals surface area contributed by atoms with Crippen molar-refractivity contribution in [1.29, 1.82) is 0 Å². The van der Waals surface area contributed by atoms with E-state index in [0.29, 0.717) is 0 Å². The molecule has 2 aromatic rings. The lowest BCUT2D eigenvalue weighted by molar-refractivity contribution is -0.117. The summed E-state index contributed by atoms with van der Waals surface area (Å²) in [5, 5.41) is 0. The van der Waals surface area contributed by atoms with Crippen LogP contribution in [0.5, 0.6) is 0 Å². The topological polar surface area (TPSA) is 46.5 Å². The molecule has 19 heavy (non-hydrogen) atoms. The average molecular weight is 271 g/mol. The van der Waals surface area contributed by atoms with Gasteiger partial charge in [0, 0.05) is 12.3 Å². The summed E-state index contributed by atoms with van der Waals surface area (Å²) in [6.07, 6.45) is 0.212. The van der Waals surface area contributed by atoms with E-state index in [-0.39, 0.29) is 29.7 Å². The number of nitrogens with zero attached hydrogens (tertiary/aromatic N) is 1. The molecule has 0 heterocycles. The van der Waals surface area contributed by atoms with Crippen molar-refractivity contribution < 1.29 is 9.00 Å². The highest BCUT2D eigenvalue weighted by atomic mass is 32.1. The molecule has 0 aromatic heterocycles. The van der Waals surface area contributed by atoms with Crippen molar-refractivity contribution in [2.75, 3.05) is 0 Å². The van der Waals surface area contributed by atoms with Crippen molar-refractivity contribution >= 4 is 17.4 Å². The Labute approximate surface area is 115 Å². The number of rotatable bonds is 4. The van der Waals surface area contributed by atoms with E-state index in [0.717, 1.165) is 11.1 Å². The first kappa shape index (κ1) is 13.4. The SMILES string of the molecule is O=S=NC(=O)CC(c1ccccc1)c1ccccc1. The Bertz CT molecular complexity index is 553. The number of carbonyl (C=O) groups excluding carboxylic acids is 1. The number of hydrogen-bond donors (Lipinski definition) is 0. The Morgan fingerprint density at radius 1 is 0.947 bits per heavy atom. The van der Waals surface area contributed by atoms with Gasteiger partial charge >= 0.3 is 0 Å². The van der Waals surface area contributed by atoms with Crippen LogP contribution >= 0.6 is 0 Å². The maximum Gasteiger partial charge on any atom is 0.259 e. The molecule has 0 atom stereocenters. The van der Waals surface area contributed by atoms with Crippen LogP contribution < -0.4 is 0 Å². The van der Waals surface area contributed by atoms with Gasteiger partial charge in [0.15, 0.2) is 0 Å². The molecule has 0 spiro atoms. The molecular formula is C15H13NO2S. The first-order chi connectivity index (χ1) is 9.31. The third-order valence-corrected chi connectivity index (χ3v) is 3.20. The van der Waals surface area contributed by atoms with Crippen LogP contribution in [-0.2, 0) is 16.3 Å². The zero-order valence-electron chi connectivity index (χ0n) is 10.2. The summed E-state index contributed by atoms with van der Waals surface area (Å²) in [6, 6.07) is 19.6. The summed E-state index contributed by atoms with van der Waals surface area (Å²) < 4.78 is 13.7. The average Bonchev–Trinajstić information content (AvgIpc) is 2.47. The quantitative estimate of drug-likeness (QED) is 0.857. The third-order valence-electron chi connectivity index (χ3n) is 2.92. The van der Waals surface area contributed by atoms with Gasteiger partial charge in [0.25, 0.3) is 5.91 Å². The number of carbonyl (C=O) groups is 1. The lowest BCUT2D eigenvalue weighted by Gasteiger charge is -2.15. The van der Waals surface area contributed by atoms with Crippen LogP contribution in [0.3, 0.4) is 0 Å². The fraction of sp³-hybridized carbons (Fsp3) is 0.133. The Morgan fingerprint density at radius 2 is 1.42 bits per heavy atom. The molecule has 0 bridgehead atoms. The van der Waals surface area contributed by atoms with Gasteiger partial charge in [-0.25, -0.2) is 0 Å². The Balaban J connectivity index is 2.34. The molecule has 0 N–H and O–H groups in total. The predicted molar refractivity (Wildman–Crippen MR) is 74.9 cm³/mol. The van der Waals surface area contributed by atoms with Crippen LogP contribution in [-0.4, -0.2) is 10.1 Å². The van der Waals surface area contributed by atoms with Crippen molar-refractivity contribution in [2.24, 2.45) is 4.36 Å². The van der Waals surface area contributed by atoms with E-state index >= 15 is 0 Å². The van der Waals surface area contributed by atoms with E-state index in [9.17, 15) is 9.00 Å². The van der Waals surface area contributed by atoms with Gasteiger partial charge in [-0.1, -0.05) is 60.7 Å². The standard InChI is InChI=1S/C15H13NO2S/c17-15(16-19-18)11-14(12-7-3-1-4-8-12)13-9-5-2-6-10-13/h1-10,14H,11H2. The van der Waals surface area contributed by atoms with Gasteiger partial charge in [-0.05, 0) is 11.1 Å². The Kier molecular flexibility index (Phi) is 4.75. The van der Waals surface area contributed by atoms with Crippen LogP contribution in [0.1, 0.15) is 23.5 Å². The summed E-state index contributed by atoms with van der Waals surface area (Å²) in [4.78, 5) is 11.6. The van der Waals surface area contributed by atoms with E-state index in [1.807, 2.05) is 60.7 Å². The maximum absolute atomic E-state index is 11.6. The molecule has 2 aromatic carbocycles. The van der Waals surface area contributed by atoms with Crippen molar-refractivity contribution in [3.63, 3.8) is 0 Å². The van der Waals surface area contributed by atoms with Gasteiger partial charge in [0.05, 0.1) is 0 Å². The molecule has 0 saturated heterocycles. The van der Waals surface area contributed by atoms with Crippen molar-refractivity contribution in [3.05, 3.63) is 71.8 Å². The highest BCUT2D eigenvalue weighted by Crippen LogP contribution is 2.28. The van der Waals surface area contributed by atoms with Crippen LogP contribution in [0.2, 0.25) is 0 Å². The van der Waals surface area contributed by atoms with E-state index in [1.54, 1.807) is 0 Å². The second-order valence-corrected chi connectivity index (χ2v) is 4.47. The lowest BCUT2D eigenvalue weighted by Crippen LogP contribution is -2.06. The molecule has 4 heteroatoms. The molecule has 0 saturated carbocycles. The van der Waals surface area contributed by atoms with E-state index < -0.39 is 0 Å². The van der Waals surface area contributed by atoms with E-state index in [1.165, 1.54) is 0 Å². The van der Waals surface area contributed by atoms with Crippen LogP contribution in [0, 0.1) is 0 Å². The first-order valence-electron chi connectivity index (χ1n) is 5.94. The minimum absolute atomic E-state index is 0.0324. The summed E-state index contributed by atoms with van der Waals surface area (Å²) >= 11 is -0.0324. The van der Waals surface area contributed by atoms with Crippen molar-refractivity contribution in [1.82, 2.24) is 0 Å². The molecule has 0 aliphatic carbocycles.